The molecule has 1 saturated heterocycles. The van der Waals surface area contributed by atoms with E-state index in [1.165, 1.54) is 0 Å². The smallest absolute Gasteiger partial charge is 0.222 e. The van der Waals surface area contributed by atoms with E-state index in [1.807, 2.05) is 43.0 Å². The van der Waals surface area contributed by atoms with Gasteiger partial charge in [-0.2, -0.15) is 0 Å². The van der Waals surface area contributed by atoms with Crippen LogP contribution in [0.25, 0.3) is 0 Å². The van der Waals surface area contributed by atoms with E-state index >= 15 is 0 Å². The first-order valence-corrected chi connectivity index (χ1v) is 9.70. The van der Waals surface area contributed by atoms with Gasteiger partial charge in [0.05, 0.1) is 26.9 Å². The van der Waals surface area contributed by atoms with E-state index in [1.54, 1.807) is 7.11 Å². The Labute approximate surface area is 162 Å². The van der Waals surface area contributed by atoms with E-state index in [0.29, 0.717) is 26.2 Å². The number of ether oxygens (including phenoxy) is 2. The van der Waals surface area contributed by atoms with Crippen molar-refractivity contribution in [2.24, 2.45) is 4.99 Å². The highest BCUT2D eigenvalue weighted by Crippen LogP contribution is 2.17. The number of benzene rings is 1. The largest absolute Gasteiger partial charge is 0.496 e. The molecule has 27 heavy (non-hydrogen) atoms. The standard InChI is InChI=1S/C20H32N4O3/c1-4-19(25)24-12-10-17(14-24)23-20(21-5-2)22-11-13-27-15-16-8-6-7-9-18(16)26-3/h6-9,17H,4-5,10-15H2,1-3H3,(H2,21,22,23). The maximum Gasteiger partial charge on any atom is 0.222 e. The van der Waals surface area contributed by atoms with Crippen LogP contribution in [0.2, 0.25) is 0 Å². The Morgan fingerprint density at radius 2 is 2.15 bits per heavy atom. The minimum absolute atomic E-state index is 0.214. The second-order valence-electron chi connectivity index (χ2n) is 6.45. The molecule has 1 aromatic rings. The summed E-state index contributed by atoms with van der Waals surface area (Å²) < 4.78 is 11.1. The molecule has 0 aromatic heterocycles. The zero-order chi connectivity index (χ0) is 19.5. The number of rotatable bonds is 9. The van der Waals surface area contributed by atoms with Crippen LogP contribution in [0.4, 0.5) is 0 Å². The lowest BCUT2D eigenvalue weighted by Gasteiger charge is -2.18. The SMILES string of the molecule is CCNC(=NCCOCc1ccccc1OC)NC1CCN(C(=O)CC)C1. The van der Waals surface area contributed by atoms with Gasteiger partial charge >= 0.3 is 0 Å². The fraction of sp³-hybridized carbons (Fsp3) is 0.600. The maximum atomic E-state index is 11.8. The molecule has 2 rings (SSSR count). The number of aliphatic imine (C=N–C) groups is 1. The van der Waals surface area contributed by atoms with Gasteiger partial charge in [0.15, 0.2) is 5.96 Å². The summed E-state index contributed by atoms with van der Waals surface area (Å²) in [4.78, 5) is 18.3. The summed E-state index contributed by atoms with van der Waals surface area (Å²) in [6.07, 6.45) is 1.50. The molecular weight excluding hydrogens is 344 g/mol. The molecule has 1 aliphatic heterocycles. The lowest BCUT2D eigenvalue weighted by atomic mass is 10.2. The van der Waals surface area contributed by atoms with Crippen LogP contribution in [0.3, 0.4) is 0 Å². The number of nitrogens with zero attached hydrogens (tertiary/aromatic N) is 2. The normalized spacial score (nSPS) is 17.1. The van der Waals surface area contributed by atoms with Crippen molar-refractivity contribution in [1.82, 2.24) is 15.5 Å². The van der Waals surface area contributed by atoms with Gasteiger partial charge in [-0.15, -0.1) is 0 Å². The molecule has 1 amide bonds. The first-order chi connectivity index (χ1) is 13.2. The number of guanidine groups is 1. The monoisotopic (exact) mass is 376 g/mol. The molecule has 7 heteroatoms. The molecule has 0 spiro atoms. The molecule has 1 aromatic carbocycles. The number of hydrogen-bond donors (Lipinski definition) is 2. The fourth-order valence-electron chi connectivity index (χ4n) is 3.07. The van der Waals surface area contributed by atoms with Crippen molar-refractivity contribution < 1.29 is 14.3 Å². The van der Waals surface area contributed by atoms with Crippen LogP contribution in [0.5, 0.6) is 5.75 Å². The number of nitrogens with one attached hydrogen (secondary N) is 2. The average Bonchev–Trinajstić information content (AvgIpc) is 3.16. The first kappa shape index (κ1) is 21.0. The Kier molecular flexibility index (Phi) is 8.91. The number of methoxy groups -OCH3 is 1. The summed E-state index contributed by atoms with van der Waals surface area (Å²) in [5.74, 6) is 1.82. The van der Waals surface area contributed by atoms with Crippen molar-refractivity contribution in [3.05, 3.63) is 29.8 Å². The van der Waals surface area contributed by atoms with Crippen LogP contribution in [0.1, 0.15) is 32.3 Å². The Balaban J connectivity index is 1.76. The summed E-state index contributed by atoms with van der Waals surface area (Å²) in [5.41, 5.74) is 1.03. The van der Waals surface area contributed by atoms with Gasteiger partial charge in [-0.3, -0.25) is 9.79 Å². The minimum atomic E-state index is 0.214. The molecule has 0 bridgehead atoms. The van der Waals surface area contributed by atoms with Crippen LogP contribution in [-0.4, -0.2) is 62.7 Å². The number of amides is 1. The van der Waals surface area contributed by atoms with E-state index in [4.69, 9.17) is 9.47 Å². The molecule has 1 fully saturated rings. The maximum absolute atomic E-state index is 11.8. The lowest BCUT2D eigenvalue weighted by Crippen LogP contribution is -2.45. The molecule has 0 radical (unpaired) electrons. The fourth-order valence-corrected chi connectivity index (χ4v) is 3.07. The third-order valence-corrected chi connectivity index (χ3v) is 4.48. The summed E-state index contributed by atoms with van der Waals surface area (Å²) in [7, 11) is 1.66. The predicted octanol–water partition coefficient (Wildman–Crippen LogP) is 1.78. The van der Waals surface area contributed by atoms with Crippen LogP contribution < -0.4 is 15.4 Å². The van der Waals surface area contributed by atoms with Gasteiger partial charge in [0.25, 0.3) is 0 Å². The molecule has 0 saturated carbocycles. The van der Waals surface area contributed by atoms with Crippen LogP contribution in [0.15, 0.2) is 29.3 Å². The number of likely N-dealkylation sites (tertiary alicyclic amines) is 1. The van der Waals surface area contributed by atoms with Gasteiger partial charge < -0.3 is 25.0 Å². The molecule has 1 aliphatic rings. The number of carbonyl (C=O) groups is 1. The van der Waals surface area contributed by atoms with Crippen molar-refractivity contribution in [2.45, 2.75) is 39.3 Å². The van der Waals surface area contributed by atoms with Crippen molar-refractivity contribution in [1.29, 1.82) is 0 Å². The number of hydrogen-bond acceptors (Lipinski definition) is 4. The third kappa shape index (κ3) is 6.75. The van der Waals surface area contributed by atoms with Crippen LogP contribution in [0, 0.1) is 0 Å². The topological polar surface area (TPSA) is 75.2 Å². The highest BCUT2D eigenvalue weighted by Gasteiger charge is 2.25. The zero-order valence-corrected chi connectivity index (χ0v) is 16.7. The highest BCUT2D eigenvalue weighted by atomic mass is 16.5. The second-order valence-corrected chi connectivity index (χ2v) is 6.45. The van der Waals surface area contributed by atoms with E-state index in [2.05, 4.69) is 15.6 Å². The van der Waals surface area contributed by atoms with E-state index in [0.717, 1.165) is 43.3 Å². The summed E-state index contributed by atoms with van der Waals surface area (Å²) >= 11 is 0. The van der Waals surface area contributed by atoms with Crippen molar-refractivity contribution >= 4 is 11.9 Å². The molecule has 1 heterocycles. The molecule has 1 atom stereocenters. The number of carbonyl (C=O) groups excluding carboxylic acids is 1. The average molecular weight is 377 g/mol. The van der Waals surface area contributed by atoms with Gasteiger partial charge in [0, 0.05) is 37.7 Å². The summed E-state index contributed by atoms with van der Waals surface area (Å²) in [5, 5.41) is 6.68. The molecule has 150 valence electrons. The molecular formula is C20H32N4O3. The van der Waals surface area contributed by atoms with E-state index < -0.39 is 0 Å². The summed E-state index contributed by atoms with van der Waals surface area (Å²) in [6, 6.07) is 8.09. The van der Waals surface area contributed by atoms with Gasteiger partial charge in [0.1, 0.15) is 5.75 Å². The van der Waals surface area contributed by atoms with Gasteiger partial charge in [-0.25, -0.2) is 0 Å². The quantitative estimate of drug-likeness (QED) is 0.390. The summed E-state index contributed by atoms with van der Waals surface area (Å²) in [6.45, 7) is 7.87. The van der Waals surface area contributed by atoms with Gasteiger partial charge in [-0.05, 0) is 19.4 Å². The van der Waals surface area contributed by atoms with E-state index in [-0.39, 0.29) is 11.9 Å². The highest BCUT2D eigenvalue weighted by molar-refractivity contribution is 5.80. The Bertz CT molecular complexity index is 621. The third-order valence-electron chi connectivity index (χ3n) is 4.48. The Morgan fingerprint density at radius 3 is 2.89 bits per heavy atom. The van der Waals surface area contributed by atoms with Crippen molar-refractivity contribution in [3.63, 3.8) is 0 Å². The Morgan fingerprint density at radius 1 is 1.33 bits per heavy atom. The van der Waals surface area contributed by atoms with Crippen LogP contribution in [-0.2, 0) is 16.1 Å². The predicted molar refractivity (Wildman–Crippen MR) is 107 cm³/mol. The molecule has 0 aliphatic carbocycles. The van der Waals surface area contributed by atoms with Crippen molar-refractivity contribution in [2.75, 3.05) is 39.9 Å². The van der Waals surface area contributed by atoms with Gasteiger partial charge in [-0.1, -0.05) is 25.1 Å². The van der Waals surface area contributed by atoms with E-state index in [9.17, 15) is 4.79 Å². The van der Waals surface area contributed by atoms with Crippen LogP contribution >= 0.6 is 0 Å². The first-order valence-electron chi connectivity index (χ1n) is 9.70. The lowest BCUT2D eigenvalue weighted by molar-refractivity contribution is -0.129. The zero-order valence-electron chi connectivity index (χ0n) is 16.7. The minimum Gasteiger partial charge on any atom is -0.496 e. The Hall–Kier alpha value is -2.28. The van der Waals surface area contributed by atoms with Gasteiger partial charge in [0.2, 0.25) is 5.91 Å². The molecule has 7 nitrogen and oxygen atoms in total. The molecule has 2 N–H and O–H groups in total. The second kappa shape index (κ2) is 11.4. The number of para-hydroxylation sites is 1. The molecule has 1 unspecified atom stereocenters. The van der Waals surface area contributed by atoms with Crippen molar-refractivity contribution in [3.8, 4) is 5.75 Å².